The molecule has 0 N–H and O–H groups in total. The molecule has 90 valence electrons. The summed E-state index contributed by atoms with van der Waals surface area (Å²) in [5.41, 5.74) is 1.14. The highest BCUT2D eigenvalue weighted by Crippen LogP contribution is 2.21. The van der Waals surface area contributed by atoms with E-state index in [1.807, 2.05) is 18.2 Å². The van der Waals surface area contributed by atoms with Crippen LogP contribution in [0.5, 0.6) is 0 Å². The minimum atomic E-state index is -0.0744. The van der Waals surface area contributed by atoms with Crippen molar-refractivity contribution in [2.24, 2.45) is 0 Å². The van der Waals surface area contributed by atoms with Gasteiger partial charge in [-0.25, -0.2) is 0 Å². The van der Waals surface area contributed by atoms with Crippen LogP contribution in [0.25, 0.3) is 0 Å². The minimum Gasteiger partial charge on any atom is -0.377 e. The number of ether oxygens (including phenoxy) is 2. The van der Waals surface area contributed by atoms with Crippen molar-refractivity contribution in [1.82, 2.24) is 0 Å². The number of rotatable bonds is 5. The third-order valence-corrected chi connectivity index (χ3v) is 2.37. The Kier molecular flexibility index (Phi) is 4.97. The van der Waals surface area contributed by atoms with Crippen molar-refractivity contribution in [3.63, 3.8) is 0 Å². The molecule has 0 spiro atoms. The Bertz CT molecular complexity index is 287. The predicted molar refractivity (Wildman–Crippen MR) is 66.5 cm³/mol. The van der Waals surface area contributed by atoms with Crippen LogP contribution in [0.1, 0.15) is 38.9 Å². The average Bonchev–Trinajstić information content (AvgIpc) is 2.24. The smallest absolute Gasteiger partial charge is 0.0843 e. The Morgan fingerprint density at radius 3 is 2.25 bits per heavy atom. The number of hydrogen-bond acceptors (Lipinski definition) is 2. The lowest BCUT2D eigenvalue weighted by Gasteiger charge is -2.22. The SMILES string of the molecule is COC(CCOC(C)(C)C)c1ccccc1. The summed E-state index contributed by atoms with van der Waals surface area (Å²) in [6, 6.07) is 10.3. The van der Waals surface area contributed by atoms with E-state index in [1.54, 1.807) is 7.11 Å². The highest BCUT2D eigenvalue weighted by atomic mass is 16.5. The first-order valence-corrected chi connectivity index (χ1v) is 5.74. The van der Waals surface area contributed by atoms with Gasteiger partial charge in [-0.3, -0.25) is 0 Å². The van der Waals surface area contributed by atoms with Gasteiger partial charge >= 0.3 is 0 Å². The van der Waals surface area contributed by atoms with E-state index in [4.69, 9.17) is 9.47 Å². The van der Waals surface area contributed by atoms with E-state index in [9.17, 15) is 0 Å². The van der Waals surface area contributed by atoms with Gasteiger partial charge < -0.3 is 9.47 Å². The van der Waals surface area contributed by atoms with Crippen LogP contribution in [0.2, 0.25) is 0 Å². The Morgan fingerprint density at radius 1 is 1.12 bits per heavy atom. The fourth-order valence-electron chi connectivity index (χ4n) is 1.56. The highest BCUT2D eigenvalue weighted by Gasteiger charge is 2.13. The van der Waals surface area contributed by atoms with Gasteiger partial charge in [0.1, 0.15) is 0 Å². The third-order valence-electron chi connectivity index (χ3n) is 2.37. The van der Waals surface area contributed by atoms with E-state index in [2.05, 4.69) is 32.9 Å². The third kappa shape index (κ3) is 4.77. The van der Waals surface area contributed by atoms with Crippen LogP contribution in [0.3, 0.4) is 0 Å². The molecular formula is C14H22O2. The van der Waals surface area contributed by atoms with Gasteiger partial charge in [0, 0.05) is 13.5 Å². The maximum atomic E-state index is 5.70. The molecule has 0 saturated heterocycles. The Hall–Kier alpha value is -0.860. The first kappa shape index (κ1) is 13.2. The number of benzene rings is 1. The molecule has 1 atom stereocenters. The molecule has 2 heteroatoms. The van der Waals surface area contributed by atoms with Crippen LogP contribution >= 0.6 is 0 Å². The average molecular weight is 222 g/mol. The van der Waals surface area contributed by atoms with E-state index in [1.165, 1.54) is 5.56 Å². The molecule has 0 saturated carbocycles. The van der Waals surface area contributed by atoms with Gasteiger partial charge in [0.15, 0.2) is 0 Å². The second-order valence-electron chi connectivity index (χ2n) is 4.88. The second-order valence-corrected chi connectivity index (χ2v) is 4.88. The van der Waals surface area contributed by atoms with Gasteiger partial charge in [0.2, 0.25) is 0 Å². The summed E-state index contributed by atoms with van der Waals surface area (Å²) in [6.07, 6.45) is 1.01. The van der Waals surface area contributed by atoms with E-state index >= 15 is 0 Å². The number of hydrogen-bond donors (Lipinski definition) is 0. The quantitative estimate of drug-likeness (QED) is 0.758. The molecule has 2 nitrogen and oxygen atoms in total. The summed E-state index contributed by atoms with van der Waals surface area (Å²) in [5, 5.41) is 0. The summed E-state index contributed by atoms with van der Waals surface area (Å²) >= 11 is 0. The lowest BCUT2D eigenvalue weighted by Crippen LogP contribution is -2.21. The summed E-state index contributed by atoms with van der Waals surface area (Å²) in [5.74, 6) is 0. The van der Waals surface area contributed by atoms with Crippen molar-refractivity contribution in [2.45, 2.75) is 38.9 Å². The van der Waals surface area contributed by atoms with E-state index < -0.39 is 0 Å². The minimum absolute atomic E-state index is 0.0744. The lowest BCUT2D eigenvalue weighted by atomic mass is 10.1. The molecule has 1 aromatic rings. The fraction of sp³-hybridized carbons (Fsp3) is 0.571. The normalized spacial score (nSPS) is 13.8. The standard InChI is InChI=1S/C14H22O2/c1-14(2,3)16-11-10-13(15-4)12-8-6-5-7-9-12/h5-9,13H,10-11H2,1-4H3. The summed E-state index contributed by atoms with van der Waals surface area (Å²) < 4.78 is 11.2. The molecule has 0 aliphatic rings. The van der Waals surface area contributed by atoms with Crippen LogP contribution in [0.15, 0.2) is 30.3 Å². The van der Waals surface area contributed by atoms with Crippen molar-refractivity contribution >= 4 is 0 Å². The van der Waals surface area contributed by atoms with E-state index in [-0.39, 0.29) is 11.7 Å². The fourth-order valence-corrected chi connectivity index (χ4v) is 1.56. The van der Waals surface area contributed by atoms with Gasteiger partial charge in [0.25, 0.3) is 0 Å². The maximum absolute atomic E-state index is 5.70. The van der Waals surface area contributed by atoms with E-state index in [0.717, 1.165) is 13.0 Å². The zero-order valence-corrected chi connectivity index (χ0v) is 10.7. The molecular weight excluding hydrogens is 200 g/mol. The second kappa shape index (κ2) is 6.02. The Labute approximate surface area is 98.6 Å². The molecule has 1 rings (SSSR count). The molecule has 1 unspecified atom stereocenters. The zero-order chi connectivity index (χ0) is 12.0. The lowest BCUT2D eigenvalue weighted by molar-refractivity contribution is -0.0251. The van der Waals surface area contributed by atoms with Crippen LogP contribution in [0, 0.1) is 0 Å². The molecule has 0 fully saturated rings. The molecule has 0 aliphatic heterocycles. The first-order valence-electron chi connectivity index (χ1n) is 5.74. The molecule has 1 aromatic carbocycles. The monoisotopic (exact) mass is 222 g/mol. The first-order chi connectivity index (χ1) is 7.53. The van der Waals surface area contributed by atoms with Crippen molar-refractivity contribution in [1.29, 1.82) is 0 Å². The maximum Gasteiger partial charge on any atom is 0.0843 e. The van der Waals surface area contributed by atoms with Gasteiger partial charge in [-0.2, -0.15) is 0 Å². The largest absolute Gasteiger partial charge is 0.377 e. The highest BCUT2D eigenvalue weighted by molar-refractivity contribution is 5.17. The molecule has 0 heterocycles. The topological polar surface area (TPSA) is 18.5 Å². The molecule has 16 heavy (non-hydrogen) atoms. The zero-order valence-electron chi connectivity index (χ0n) is 10.7. The van der Waals surface area contributed by atoms with Crippen LogP contribution < -0.4 is 0 Å². The molecule has 0 amide bonds. The van der Waals surface area contributed by atoms with Gasteiger partial charge in [-0.1, -0.05) is 30.3 Å². The molecule has 0 aliphatic carbocycles. The van der Waals surface area contributed by atoms with Crippen molar-refractivity contribution in [3.8, 4) is 0 Å². The number of methoxy groups -OCH3 is 1. The van der Waals surface area contributed by atoms with Crippen LogP contribution in [-0.4, -0.2) is 19.3 Å². The van der Waals surface area contributed by atoms with Crippen molar-refractivity contribution < 1.29 is 9.47 Å². The Morgan fingerprint density at radius 2 is 1.75 bits per heavy atom. The van der Waals surface area contributed by atoms with E-state index in [0.29, 0.717) is 0 Å². The summed E-state index contributed by atoms with van der Waals surface area (Å²) in [6.45, 7) is 6.92. The molecule has 0 aromatic heterocycles. The summed E-state index contributed by atoms with van der Waals surface area (Å²) in [4.78, 5) is 0. The van der Waals surface area contributed by atoms with Gasteiger partial charge in [-0.05, 0) is 26.3 Å². The van der Waals surface area contributed by atoms with Crippen molar-refractivity contribution in [3.05, 3.63) is 35.9 Å². The van der Waals surface area contributed by atoms with Gasteiger partial charge in [-0.15, -0.1) is 0 Å². The van der Waals surface area contributed by atoms with Crippen molar-refractivity contribution in [2.75, 3.05) is 13.7 Å². The molecule has 0 radical (unpaired) electrons. The van der Waals surface area contributed by atoms with Crippen LogP contribution in [0.4, 0.5) is 0 Å². The summed E-state index contributed by atoms with van der Waals surface area (Å²) in [7, 11) is 1.74. The Balaban J connectivity index is 2.45. The predicted octanol–water partition coefficient (Wildman–Crippen LogP) is 3.58. The van der Waals surface area contributed by atoms with Gasteiger partial charge in [0.05, 0.1) is 18.3 Å². The molecule has 0 bridgehead atoms. The van der Waals surface area contributed by atoms with Crippen LogP contribution in [-0.2, 0) is 9.47 Å².